The van der Waals surface area contributed by atoms with E-state index in [1.54, 1.807) is 51.6 Å². The summed E-state index contributed by atoms with van der Waals surface area (Å²) in [5, 5.41) is 15.1. The molecule has 3 rings (SSSR count). The summed E-state index contributed by atoms with van der Waals surface area (Å²) < 4.78 is 15.6. The zero-order valence-corrected chi connectivity index (χ0v) is 18.2. The van der Waals surface area contributed by atoms with E-state index in [-0.39, 0.29) is 5.97 Å². The van der Waals surface area contributed by atoms with Crippen molar-refractivity contribution in [1.82, 2.24) is 4.98 Å². The van der Waals surface area contributed by atoms with Crippen LogP contribution in [0, 0.1) is 11.3 Å². The summed E-state index contributed by atoms with van der Waals surface area (Å²) >= 11 is 1.37. The van der Waals surface area contributed by atoms with E-state index in [2.05, 4.69) is 16.4 Å². The van der Waals surface area contributed by atoms with E-state index in [0.29, 0.717) is 34.3 Å². The first kappa shape index (κ1) is 21.9. The van der Waals surface area contributed by atoms with Crippen LogP contribution >= 0.6 is 11.3 Å². The normalized spacial score (nSPS) is 10.8. The zero-order chi connectivity index (χ0) is 22.2. The first-order valence-corrected chi connectivity index (χ1v) is 10.3. The average Bonchev–Trinajstić information content (AvgIpc) is 3.29. The van der Waals surface area contributed by atoms with Gasteiger partial charge < -0.3 is 19.5 Å². The molecular formula is C23H21N3O4S. The van der Waals surface area contributed by atoms with Crippen LogP contribution in [0.3, 0.4) is 0 Å². The van der Waals surface area contributed by atoms with Gasteiger partial charge in [-0.3, -0.25) is 0 Å². The summed E-state index contributed by atoms with van der Waals surface area (Å²) in [6, 6.07) is 14.5. The molecule has 0 saturated heterocycles. The molecule has 1 aromatic heterocycles. The highest BCUT2D eigenvalue weighted by molar-refractivity contribution is 7.11. The standard InChI is InChI=1S/C23H21N3O4S/c1-4-30-23(27)15-5-8-18(9-6-15)25-13-17(12-24)22-26-19(14-31-22)16-7-10-20(28-2)21(11-16)29-3/h5-11,13-14,25H,4H2,1-3H3/b17-13+. The SMILES string of the molecule is CCOC(=O)c1ccc(N/C=C(\C#N)c2nc(-c3ccc(OC)c(OC)c3)cs2)cc1. The first-order valence-electron chi connectivity index (χ1n) is 9.41. The number of hydrogen-bond acceptors (Lipinski definition) is 8. The molecule has 0 aliphatic rings. The minimum absolute atomic E-state index is 0.326. The highest BCUT2D eigenvalue weighted by atomic mass is 32.1. The second-order valence-electron chi connectivity index (χ2n) is 6.22. The van der Waals surface area contributed by atoms with Gasteiger partial charge in [0, 0.05) is 22.8 Å². The Morgan fingerprint density at radius 2 is 1.90 bits per heavy atom. The largest absolute Gasteiger partial charge is 0.493 e. The minimum atomic E-state index is -0.368. The van der Waals surface area contributed by atoms with Crippen LogP contribution in [0.25, 0.3) is 16.8 Å². The Bertz CT molecular complexity index is 1130. The minimum Gasteiger partial charge on any atom is -0.493 e. The molecule has 1 N–H and O–H groups in total. The third-order valence-corrected chi connectivity index (χ3v) is 5.19. The lowest BCUT2D eigenvalue weighted by Gasteiger charge is -2.08. The van der Waals surface area contributed by atoms with Gasteiger partial charge in [-0.2, -0.15) is 5.26 Å². The van der Waals surface area contributed by atoms with Crippen molar-refractivity contribution in [2.75, 3.05) is 26.1 Å². The van der Waals surface area contributed by atoms with Crippen LogP contribution in [0.15, 0.2) is 54.0 Å². The number of ether oxygens (including phenoxy) is 3. The summed E-state index contributed by atoms with van der Waals surface area (Å²) in [6.07, 6.45) is 1.59. The number of rotatable bonds is 8. The van der Waals surface area contributed by atoms with Crippen LogP contribution in [-0.4, -0.2) is 31.8 Å². The van der Waals surface area contributed by atoms with Gasteiger partial charge in [-0.05, 0) is 49.4 Å². The maximum Gasteiger partial charge on any atom is 0.338 e. The van der Waals surface area contributed by atoms with Crippen molar-refractivity contribution in [2.45, 2.75) is 6.92 Å². The van der Waals surface area contributed by atoms with Crippen LogP contribution in [0.2, 0.25) is 0 Å². The molecule has 0 aliphatic carbocycles. The summed E-state index contributed by atoms with van der Waals surface area (Å²) in [5.74, 6) is 0.879. The first-order chi connectivity index (χ1) is 15.1. The number of anilines is 1. The molecule has 0 radical (unpaired) electrons. The molecule has 0 spiro atoms. The summed E-state index contributed by atoms with van der Waals surface area (Å²) in [7, 11) is 3.16. The molecule has 7 nitrogen and oxygen atoms in total. The quantitative estimate of drug-likeness (QED) is 0.394. The van der Waals surface area contributed by atoms with E-state index in [9.17, 15) is 10.1 Å². The van der Waals surface area contributed by atoms with Gasteiger partial charge >= 0.3 is 5.97 Å². The molecule has 0 saturated carbocycles. The number of thiazole rings is 1. The molecular weight excluding hydrogens is 414 g/mol. The number of nitrogens with zero attached hydrogens (tertiary/aromatic N) is 2. The highest BCUT2D eigenvalue weighted by Gasteiger charge is 2.12. The Morgan fingerprint density at radius 3 is 2.55 bits per heavy atom. The number of benzene rings is 2. The third-order valence-electron chi connectivity index (χ3n) is 4.31. The fourth-order valence-electron chi connectivity index (χ4n) is 2.74. The van der Waals surface area contributed by atoms with E-state index < -0.39 is 0 Å². The predicted octanol–water partition coefficient (Wildman–Crippen LogP) is 4.98. The zero-order valence-electron chi connectivity index (χ0n) is 17.3. The van der Waals surface area contributed by atoms with Crippen LogP contribution < -0.4 is 14.8 Å². The van der Waals surface area contributed by atoms with Crippen molar-refractivity contribution in [2.24, 2.45) is 0 Å². The fourth-order valence-corrected chi connectivity index (χ4v) is 3.53. The fraction of sp³-hybridized carbons (Fsp3) is 0.174. The molecule has 31 heavy (non-hydrogen) atoms. The number of carbonyl (C=O) groups is 1. The molecule has 1 heterocycles. The molecule has 8 heteroatoms. The molecule has 0 aliphatic heterocycles. The van der Waals surface area contributed by atoms with E-state index in [1.165, 1.54) is 11.3 Å². The Labute approximate surface area is 184 Å². The second kappa shape index (κ2) is 10.3. The molecule has 158 valence electrons. The van der Waals surface area contributed by atoms with E-state index in [4.69, 9.17) is 14.2 Å². The average molecular weight is 436 g/mol. The number of esters is 1. The van der Waals surface area contributed by atoms with E-state index >= 15 is 0 Å². The monoisotopic (exact) mass is 435 g/mol. The Hall–Kier alpha value is -3.83. The van der Waals surface area contributed by atoms with E-state index in [0.717, 1.165) is 16.9 Å². The molecule has 2 aromatic carbocycles. The number of aromatic nitrogens is 1. The van der Waals surface area contributed by atoms with Gasteiger partial charge in [0.2, 0.25) is 0 Å². The second-order valence-corrected chi connectivity index (χ2v) is 7.08. The van der Waals surface area contributed by atoms with Crippen molar-refractivity contribution in [3.8, 4) is 28.8 Å². The lowest BCUT2D eigenvalue weighted by atomic mass is 10.1. The van der Waals surface area contributed by atoms with Crippen LogP contribution in [0.4, 0.5) is 5.69 Å². The van der Waals surface area contributed by atoms with Gasteiger partial charge in [0.25, 0.3) is 0 Å². The lowest BCUT2D eigenvalue weighted by Crippen LogP contribution is -2.04. The topological polar surface area (TPSA) is 93.5 Å². The maximum absolute atomic E-state index is 11.7. The van der Waals surface area contributed by atoms with Crippen molar-refractivity contribution in [3.63, 3.8) is 0 Å². The predicted molar refractivity (Wildman–Crippen MR) is 120 cm³/mol. The Morgan fingerprint density at radius 1 is 1.16 bits per heavy atom. The van der Waals surface area contributed by atoms with E-state index in [1.807, 2.05) is 23.6 Å². The molecule has 0 atom stereocenters. The lowest BCUT2D eigenvalue weighted by molar-refractivity contribution is 0.0526. The molecule has 0 bridgehead atoms. The van der Waals surface area contributed by atoms with Gasteiger partial charge in [-0.1, -0.05) is 0 Å². The van der Waals surface area contributed by atoms with Gasteiger partial charge in [-0.25, -0.2) is 9.78 Å². The number of nitrogens with one attached hydrogen (secondary N) is 1. The number of hydrogen-bond donors (Lipinski definition) is 1. The third kappa shape index (κ3) is 5.21. The van der Waals surface area contributed by atoms with Crippen molar-refractivity contribution >= 4 is 28.6 Å². The molecule has 0 fully saturated rings. The van der Waals surface area contributed by atoms with Crippen molar-refractivity contribution < 1.29 is 19.0 Å². The number of carbonyl (C=O) groups excluding carboxylic acids is 1. The van der Waals surface area contributed by atoms with Gasteiger partial charge in [0.05, 0.1) is 32.1 Å². The smallest absolute Gasteiger partial charge is 0.338 e. The van der Waals surface area contributed by atoms with Gasteiger partial charge in [0.1, 0.15) is 16.6 Å². The van der Waals surface area contributed by atoms with Gasteiger partial charge in [0.15, 0.2) is 11.5 Å². The summed E-state index contributed by atoms with van der Waals surface area (Å²) in [4.78, 5) is 16.3. The van der Waals surface area contributed by atoms with Crippen molar-refractivity contribution in [1.29, 1.82) is 5.26 Å². The molecule has 0 amide bonds. The molecule has 0 unspecified atom stereocenters. The number of methoxy groups -OCH3 is 2. The summed E-state index contributed by atoms with van der Waals surface area (Å²) in [5.41, 5.74) is 3.20. The van der Waals surface area contributed by atoms with Crippen molar-refractivity contribution in [3.05, 3.63) is 64.6 Å². The molecule has 3 aromatic rings. The van der Waals surface area contributed by atoms with Crippen LogP contribution in [0.5, 0.6) is 11.5 Å². The van der Waals surface area contributed by atoms with Crippen LogP contribution in [0.1, 0.15) is 22.3 Å². The maximum atomic E-state index is 11.7. The number of allylic oxidation sites excluding steroid dienone is 1. The number of nitriles is 1. The van der Waals surface area contributed by atoms with Crippen LogP contribution in [-0.2, 0) is 4.74 Å². The highest BCUT2D eigenvalue weighted by Crippen LogP contribution is 2.33. The van der Waals surface area contributed by atoms with Gasteiger partial charge in [-0.15, -0.1) is 11.3 Å². The Kier molecular flexibility index (Phi) is 7.25. The Balaban J connectivity index is 1.76. The summed E-state index contributed by atoms with van der Waals surface area (Å²) in [6.45, 7) is 2.09.